The molecule has 3 N–H and O–H groups in total. The number of halogens is 1. The van der Waals surface area contributed by atoms with E-state index in [0.717, 1.165) is 12.1 Å². The Morgan fingerprint density at radius 1 is 1.33 bits per heavy atom. The van der Waals surface area contributed by atoms with Crippen molar-refractivity contribution in [3.8, 4) is 5.75 Å². The molecule has 1 aromatic rings. The van der Waals surface area contributed by atoms with Gasteiger partial charge in [0.1, 0.15) is 5.75 Å². The average Bonchev–Trinajstić information content (AvgIpc) is 2.60. The summed E-state index contributed by atoms with van der Waals surface area (Å²) in [5.74, 6) is 0.0998. The number of nitrogens with zero attached hydrogens (tertiary/aromatic N) is 2. The molecule has 2 fully saturated rings. The maximum atomic E-state index is 11.7. The highest BCUT2D eigenvalue weighted by Crippen LogP contribution is 2.36. The first-order valence-corrected chi connectivity index (χ1v) is 9.54. The summed E-state index contributed by atoms with van der Waals surface area (Å²) in [6.45, 7) is 4.58. The van der Waals surface area contributed by atoms with E-state index in [9.17, 15) is 14.7 Å². The molecule has 0 aliphatic carbocycles. The molecule has 148 valence electrons. The lowest BCUT2D eigenvalue weighted by Crippen LogP contribution is -2.60. The van der Waals surface area contributed by atoms with Crippen LogP contribution in [0, 0.1) is 5.92 Å². The number of fused-ring (bicyclic) bond motifs is 1. The molecule has 2 heterocycles. The first-order chi connectivity index (χ1) is 12.8. The normalized spacial score (nSPS) is 25.7. The van der Waals surface area contributed by atoms with Gasteiger partial charge in [-0.3, -0.25) is 14.5 Å². The first kappa shape index (κ1) is 19.9. The molecule has 3 rings (SSSR count). The third-order valence-electron chi connectivity index (χ3n) is 5.59. The predicted molar refractivity (Wildman–Crippen MR) is 101 cm³/mol. The number of rotatable bonds is 5. The van der Waals surface area contributed by atoms with Crippen molar-refractivity contribution in [3.05, 3.63) is 28.8 Å². The maximum Gasteiger partial charge on any atom is 0.255 e. The van der Waals surface area contributed by atoms with Gasteiger partial charge in [-0.1, -0.05) is 11.6 Å². The Balaban J connectivity index is 1.70. The summed E-state index contributed by atoms with van der Waals surface area (Å²) < 4.78 is 5.51. The molecular weight excluding hydrogens is 370 g/mol. The molecule has 2 saturated heterocycles. The van der Waals surface area contributed by atoms with Gasteiger partial charge in [0.05, 0.1) is 5.60 Å². The standard InChI is InChI=1S/C19H26ClN3O4/c1-13(24)23-7-5-19(26)4-6-22(10-15(19)11-23)9-14-8-16(20)2-3-17(14)27-12-18(21)25/h2-3,8,15,26H,4-7,9-12H2,1H3,(H2,21,25)/t15-,19-/m1/s1. The van der Waals surface area contributed by atoms with E-state index >= 15 is 0 Å². The number of benzene rings is 1. The highest BCUT2D eigenvalue weighted by Gasteiger charge is 2.45. The van der Waals surface area contributed by atoms with Crippen LogP contribution in [0.1, 0.15) is 25.3 Å². The van der Waals surface area contributed by atoms with Crippen LogP contribution in [-0.4, -0.2) is 65.1 Å². The molecule has 0 aromatic heterocycles. The third-order valence-corrected chi connectivity index (χ3v) is 5.82. The SMILES string of the molecule is CC(=O)N1CC[C@]2(O)CCN(Cc3cc(Cl)ccc3OCC(N)=O)C[C@@H]2C1. The molecule has 0 bridgehead atoms. The molecule has 0 radical (unpaired) electrons. The zero-order valence-corrected chi connectivity index (χ0v) is 16.2. The van der Waals surface area contributed by atoms with Gasteiger partial charge in [0, 0.05) is 56.2 Å². The molecule has 7 nitrogen and oxygen atoms in total. The van der Waals surface area contributed by atoms with Crippen LogP contribution in [0.5, 0.6) is 5.75 Å². The minimum absolute atomic E-state index is 0.0121. The van der Waals surface area contributed by atoms with Gasteiger partial charge in [-0.05, 0) is 31.0 Å². The van der Waals surface area contributed by atoms with E-state index in [1.54, 1.807) is 19.1 Å². The minimum Gasteiger partial charge on any atom is -0.483 e. The third kappa shape index (κ3) is 4.72. The molecule has 0 saturated carbocycles. The fourth-order valence-corrected chi connectivity index (χ4v) is 4.20. The topological polar surface area (TPSA) is 96.1 Å². The number of ether oxygens (including phenoxy) is 1. The van der Waals surface area contributed by atoms with Crippen molar-refractivity contribution in [1.82, 2.24) is 9.80 Å². The van der Waals surface area contributed by atoms with Gasteiger partial charge in [0.2, 0.25) is 5.91 Å². The van der Waals surface area contributed by atoms with E-state index in [-0.39, 0.29) is 18.4 Å². The number of likely N-dealkylation sites (tertiary alicyclic amines) is 2. The predicted octanol–water partition coefficient (Wildman–Crippen LogP) is 1.01. The molecule has 1 aromatic carbocycles. The van der Waals surface area contributed by atoms with Crippen LogP contribution >= 0.6 is 11.6 Å². The van der Waals surface area contributed by atoms with Crippen molar-refractivity contribution in [2.75, 3.05) is 32.8 Å². The van der Waals surface area contributed by atoms with Crippen LogP contribution < -0.4 is 10.5 Å². The van der Waals surface area contributed by atoms with E-state index in [1.165, 1.54) is 0 Å². The van der Waals surface area contributed by atoms with E-state index in [1.807, 2.05) is 11.0 Å². The number of hydrogen-bond acceptors (Lipinski definition) is 5. The van der Waals surface area contributed by atoms with Crippen LogP contribution in [0.3, 0.4) is 0 Å². The van der Waals surface area contributed by atoms with Gasteiger partial charge in [0.25, 0.3) is 5.91 Å². The Hall–Kier alpha value is -1.83. The summed E-state index contributed by atoms with van der Waals surface area (Å²) in [6, 6.07) is 5.27. The fraction of sp³-hybridized carbons (Fsp3) is 0.579. The van der Waals surface area contributed by atoms with Gasteiger partial charge in [0.15, 0.2) is 6.61 Å². The van der Waals surface area contributed by atoms with Crippen LogP contribution in [-0.2, 0) is 16.1 Å². The Bertz CT molecular complexity index is 729. The number of nitrogens with two attached hydrogens (primary N) is 1. The zero-order chi connectivity index (χ0) is 19.6. The summed E-state index contributed by atoms with van der Waals surface area (Å²) in [6.07, 6.45) is 1.29. The summed E-state index contributed by atoms with van der Waals surface area (Å²) in [5.41, 5.74) is 5.33. The Morgan fingerprint density at radius 3 is 2.78 bits per heavy atom. The first-order valence-electron chi connectivity index (χ1n) is 9.16. The number of amides is 2. The van der Waals surface area contributed by atoms with Crippen LogP contribution in [0.25, 0.3) is 0 Å². The maximum absolute atomic E-state index is 11.7. The van der Waals surface area contributed by atoms with E-state index in [0.29, 0.717) is 49.8 Å². The lowest BCUT2D eigenvalue weighted by atomic mass is 9.75. The van der Waals surface area contributed by atoms with Crippen molar-refractivity contribution in [2.24, 2.45) is 11.7 Å². The fourth-order valence-electron chi connectivity index (χ4n) is 4.00. The van der Waals surface area contributed by atoms with Crippen molar-refractivity contribution in [1.29, 1.82) is 0 Å². The Kier molecular flexibility index (Phi) is 5.93. The lowest BCUT2D eigenvalue weighted by Gasteiger charge is -2.50. The molecule has 8 heteroatoms. The van der Waals surface area contributed by atoms with Crippen molar-refractivity contribution < 1.29 is 19.4 Å². The second-order valence-electron chi connectivity index (χ2n) is 7.51. The molecule has 2 amide bonds. The van der Waals surface area contributed by atoms with Crippen molar-refractivity contribution in [2.45, 2.75) is 31.9 Å². The van der Waals surface area contributed by atoms with E-state index in [4.69, 9.17) is 22.1 Å². The second kappa shape index (κ2) is 8.04. The largest absolute Gasteiger partial charge is 0.483 e. The summed E-state index contributed by atoms with van der Waals surface area (Å²) in [5, 5.41) is 11.5. The molecule has 2 aliphatic rings. The number of carbonyl (C=O) groups is 2. The van der Waals surface area contributed by atoms with Crippen LogP contribution in [0.2, 0.25) is 5.02 Å². The highest BCUT2D eigenvalue weighted by molar-refractivity contribution is 6.30. The zero-order valence-electron chi connectivity index (χ0n) is 15.5. The molecule has 27 heavy (non-hydrogen) atoms. The number of primary amides is 1. The second-order valence-corrected chi connectivity index (χ2v) is 7.94. The smallest absolute Gasteiger partial charge is 0.255 e. The monoisotopic (exact) mass is 395 g/mol. The molecule has 2 atom stereocenters. The summed E-state index contributed by atoms with van der Waals surface area (Å²) in [7, 11) is 0. The van der Waals surface area contributed by atoms with Gasteiger partial charge < -0.3 is 20.5 Å². The van der Waals surface area contributed by atoms with Crippen LogP contribution in [0.15, 0.2) is 18.2 Å². The van der Waals surface area contributed by atoms with E-state index < -0.39 is 11.5 Å². The average molecular weight is 396 g/mol. The van der Waals surface area contributed by atoms with Gasteiger partial charge >= 0.3 is 0 Å². The Labute approximate surface area is 164 Å². The molecular formula is C19H26ClN3O4. The van der Waals surface area contributed by atoms with Crippen molar-refractivity contribution >= 4 is 23.4 Å². The molecule has 2 aliphatic heterocycles. The van der Waals surface area contributed by atoms with Gasteiger partial charge in [-0.25, -0.2) is 0 Å². The summed E-state index contributed by atoms with van der Waals surface area (Å²) in [4.78, 5) is 26.8. The van der Waals surface area contributed by atoms with Crippen molar-refractivity contribution in [3.63, 3.8) is 0 Å². The van der Waals surface area contributed by atoms with Crippen LogP contribution in [0.4, 0.5) is 0 Å². The Morgan fingerprint density at radius 2 is 2.07 bits per heavy atom. The van der Waals surface area contributed by atoms with E-state index in [2.05, 4.69) is 4.90 Å². The number of aliphatic hydroxyl groups is 1. The lowest BCUT2D eigenvalue weighted by molar-refractivity contribution is -0.145. The quantitative estimate of drug-likeness (QED) is 0.775. The molecule has 0 unspecified atom stereocenters. The highest BCUT2D eigenvalue weighted by atomic mass is 35.5. The summed E-state index contributed by atoms with van der Waals surface area (Å²) >= 11 is 6.13. The minimum atomic E-state index is -0.706. The number of carbonyl (C=O) groups excluding carboxylic acids is 2. The van der Waals surface area contributed by atoms with Gasteiger partial charge in [-0.2, -0.15) is 0 Å². The number of piperidine rings is 2. The molecule has 0 spiro atoms. The number of hydrogen-bond donors (Lipinski definition) is 2. The van der Waals surface area contributed by atoms with Gasteiger partial charge in [-0.15, -0.1) is 0 Å².